The number of amides is 2. The molecule has 0 radical (unpaired) electrons. The average Bonchev–Trinajstić information content (AvgIpc) is 3.30. The van der Waals surface area contributed by atoms with Gasteiger partial charge in [0.15, 0.2) is 0 Å². The molecule has 6 nitrogen and oxygen atoms in total. The second-order valence-electron chi connectivity index (χ2n) is 8.59. The predicted octanol–water partition coefficient (Wildman–Crippen LogP) is 4.09. The van der Waals surface area contributed by atoms with Crippen LogP contribution in [0.5, 0.6) is 0 Å². The third kappa shape index (κ3) is 4.80. The fraction of sp³-hybridized carbons (Fsp3) is 0.333. The van der Waals surface area contributed by atoms with Gasteiger partial charge in [-0.15, -0.1) is 0 Å². The molecule has 1 aliphatic rings. The summed E-state index contributed by atoms with van der Waals surface area (Å²) < 4.78 is 0. The monoisotopic (exact) mass is 442 g/mol. The number of aromatic nitrogens is 2. The fourth-order valence-corrected chi connectivity index (χ4v) is 4.75. The minimum Gasteiger partial charge on any atom is -0.343 e. The van der Waals surface area contributed by atoms with Crippen LogP contribution in [0.15, 0.2) is 73.3 Å². The predicted molar refractivity (Wildman–Crippen MR) is 128 cm³/mol. The van der Waals surface area contributed by atoms with Gasteiger partial charge in [-0.3, -0.25) is 19.6 Å². The van der Waals surface area contributed by atoms with Crippen LogP contribution in [0.3, 0.4) is 0 Å². The van der Waals surface area contributed by atoms with Crippen LogP contribution in [0, 0.1) is 5.41 Å². The summed E-state index contributed by atoms with van der Waals surface area (Å²) in [4.78, 5) is 38.8. The molecule has 1 atom stereocenters. The SMILES string of the molecule is CCN(CC)C(=O)[C@@]1(Cc2cccc(-c3cccnc3)c2)CCN(C(=O)c2ccncc2)C1. The zero-order chi connectivity index (χ0) is 23.3. The Morgan fingerprint density at radius 3 is 2.42 bits per heavy atom. The van der Waals surface area contributed by atoms with Gasteiger partial charge in [0, 0.05) is 56.5 Å². The van der Waals surface area contributed by atoms with Gasteiger partial charge in [-0.1, -0.05) is 30.3 Å². The first kappa shape index (κ1) is 22.6. The van der Waals surface area contributed by atoms with Gasteiger partial charge in [0.25, 0.3) is 5.91 Å². The molecular formula is C27H30N4O2. The van der Waals surface area contributed by atoms with Crippen LogP contribution in [0.2, 0.25) is 0 Å². The lowest BCUT2D eigenvalue weighted by Gasteiger charge is -2.34. The third-order valence-corrected chi connectivity index (χ3v) is 6.54. The van der Waals surface area contributed by atoms with Crippen molar-refractivity contribution < 1.29 is 9.59 Å². The fourth-order valence-electron chi connectivity index (χ4n) is 4.75. The first-order chi connectivity index (χ1) is 16.1. The zero-order valence-electron chi connectivity index (χ0n) is 19.3. The summed E-state index contributed by atoms with van der Waals surface area (Å²) in [7, 11) is 0. The van der Waals surface area contributed by atoms with E-state index < -0.39 is 5.41 Å². The van der Waals surface area contributed by atoms with Crippen molar-refractivity contribution in [3.05, 3.63) is 84.4 Å². The van der Waals surface area contributed by atoms with E-state index in [1.54, 1.807) is 30.7 Å². The molecule has 2 aromatic heterocycles. The van der Waals surface area contributed by atoms with Crippen molar-refractivity contribution in [3.63, 3.8) is 0 Å². The van der Waals surface area contributed by atoms with E-state index in [0.717, 1.165) is 16.7 Å². The number of nitrogens with zero attached hydrogens (tertiary/aromatic N) is 4. The van der Waals surface area contributed by atoms with Gasteiger partial charge in [-0.25, -0.2) is 0 Å². The molecule has 0 bridgehead atoms. The first-order valence-electron chi connectivity index (χ1n) is 11.5. The highest BCUT2D eigenvalue weighted by atomic mass is 16.2. The number of likely N-dealkylation sites (tertiary alicyclic amines) is 1. The molecule has 0 unspecified atom stereocenters. The molecule has 0 N–H and O–H groups in total. The normalized spacial score (nSPS) is 17.7. The Bertz CT molecular complexity index is 1100. The number of pyridine rings is 2. The van der Waals surface area contributed by atoms with Crippen molar-refractivity contribution in [2.45, 2.75) is 26.7 Å². The van der Waals surface area contributed by atoms with Crippen molar-refractivity contribution in [2.24, 2.45) is 5.41 Å². The molecule has 0 spiro atoms. The summed E-state index contributed by atoms with van der Waals surface area (Å²) in [6, 6.07) is 15.7. The maximum atomic E-state index is 13.8. The van der Waals surface area contributed by atoms with Gasteiger partial charge < -0.3 is 9.80 Å². The van der Waals surface area contributed by atoms with Crippen molar-refractivity contribution in [3.8, 4) is 11.1 Å². The van der Waals surface area contributed by atoms with Crippen LogP contribution in [-0.2, 0) is 11.2 Å². The molecule has 170 valence electrons. The number of rotatable bonds is 7. The van der Waals surface area contributed by atoms with Crippen LogP contribution < -0.4 is 0 Å². The topological polar surface area (TPSA) is 66.4 Å². The molecule has 1 fully saturated rings. The lowest BCUT2D eigenvalue weighted by Crippen LogP contribution is -2.47. The Morgan fingerprint density at radius 1 is 0.970 bits per heavy atom. The zero-order valence-corrected chi connectivity index (χ0v) is 19.3. The number of hydrogen-bond donors (Lipinski definition) is 0. The van der Waals surface area contributed by atoms with Crippen molar-refractivity contribution in [2.75, 3.05) is 26.2 Å². The highest BCUT2D eigenvalue weighted by Crippen LogP contribution is 2.37. The van der Waals surface area contributed by atoms with E-state index in [2.05, 4.69) is 28.2 Å². The van der Waals surface area contributed by atoms with E-state index in [1.807, 2.05) is 48.0 Å². The van der Waals surface area contributed by atoms with Crippen LogP contribution in [-0.4, -0.2) is 57.8 Å². The van der Waals surface area contributed by atoms with E-state index in [-0.39, 0.29) is 11.8 Å². The summed E-state index contributed by atoms with van der Waals surface area (Å²) in [5.74, 6) is 0.0834. The van der Waals surface area contributed by atoms with E-state index in [0.29, 0.717) is 44.6 Å². The number of carbonyl (C=O) groups is 2. The highest BCUT2D eigenvalue weighted by molar-refractivity contribution is 5.95. The maximum absolute atomic E-state index is 13.8. The molecule has 0 saturated carbocycles. The first-order valence-corrected chi connectivity index (χ1v) is 11.5. The molecule has 3 heterocycles. The van der Waals surface area contributed by atoms with Gasteiger partial charge in [0.05, 0.1) is 5.41 Å². The van der Waals surface area contributed by atoms with Crippen molar-refractivity contribution >= 4 is 11.8 Å². The van der Waals surface area contributed by atoms with Crippen LogP contribution in [0.4, 0.5) is 0 Å². The summed E-state index contributed by atoms with van der Waals surface area (Å²) >= 11 is 0. The van der Waals surface area contributed by atoms with Gasteiger partial charge in [-0.2, -0.15) is 0 Å². The van der Waals surface area contributed by atoms with Gasteiger partial charge in [-0.05, 0) is 61.6 Å². The number of benzene rings is 1. The van der Waals surface area contributed by atoms with Gasteiger partial charge >= 0.3 is 0 Å². The molecule has 4 rings (SSSR count). The minimum atomic E-state index is -0.637. The van der Waals surface area contributed by atoms with Gasteiger partial charge in [0.1, 0.15) is 0 Å². The lowest BCUT2D eigenvalue weighted by molar-refractivity contribution is -0.141. The van der Waals surface area contributed by atoms with Crippen molar-refractivity contribution in [1.82, 2.24) is 19.8 Å². The smallest absolute Gasteiger partial charge is 0.253 e. The minimum absolute atomic E-state index is 0.0456. The second-order valence-corrected chi connectivity index (χ2v) is 8.59. The third-order valence-electron chi connectivity index (χ3n) is 6.54. The Balaban J connectivity index is 1.64. The quantitative estimate of drug-likeness (QED) is 0.553. The molecule has 33 heavy (non-hydrogen) atoms. The van der Waals surface area contributed by atoms with E-state index in [1.165, 1.54) is 0 Å². The summed E-state index contributed by atoms with van der Waals surface area (Å²) in [6.07, 6.45) is 8.11. The van der Waals surface area contributed by atoms with Crippen LogP contribution in [0.1, 0.15) is 36.2 Å². The molecular weight excluding hydrogens is 412 g/mol. The number of carbonyl (C=O) groups excluding carboxylic acids is 2. The Labute approximate surface area is 195 Å². The lowest BCUT2D eigenvalue weighted by atomic mass is 9.79. The Hall–Kier alpha value is -3.54. The molecule has 1 aliphatic heterocycles. The van der Waals surface area contributed by atoms with Gasteiger partial charge in [0.2, 0.25) is 5.91 Å². The second kappa shape index (κ2) is 9.94. The van der Waals surface area contributed by atoms with Crippen LogP contribution in [0.25, 0.3) is 11.1 Å². The Morgan fingerprint density at radius 2 is 1.73 bits per heavy atom. The molecule has 1 aromatic carbocycles. The van der Waals surface area contributed by atoms with E-state index in [9.17, 15) is 9.59 Å². The standard InChI is InChI=1S/C27H30N4O2/c1-3-30(4-2)26(33)27(12-16-31(20-27)25(32)22-10-14-28-15-11-22)18-21-7-5-8-23(17-21)24-9-6-13-29-19-24/h5-11,13-15,17,19H,3-4,12,16,18,20H2,1-2H3/t27-/m1/s1. The van der Waals surface area contributed by atoms with E-state index in [4.69, 9.17) is 0 Å². The molecule has 6 heteroatoms. The average molecular weight is 443 g/mol. The highest BCUT2D eigenvalue weighted by Gasteiger charge is 2.47. The summed E-state index contributed by atoms with van der Waals surface area (Å²) in [6.45, 7) is 6.31. The maximum Gasteiger partial charge on any atom is 0.253 e. The molecule has 1 saturated heterocycles. The number of hydrogen-bond acceptors (Lipinski definition) is 4. The van der Waals surface area contributed by atoms with Crippen molar-refractivity contribution in [1.29, 1.82) is 0 Å². The Kier molecular flexibility index (Phi) is 6.82. The summed E-state index contributed by atoms with van der Waals surface area (Å²) in [5.41, 5.74) is 3.19. The molecule has 2 amide bonds. The van der Waals surface area contributed by atoms with Crippen LogP contribution >= 0.6 is 0 Å². The summed E-state index contributed by atoms with van der Waals surface area (Å²) in [5, 5.41) is 0. The largest absolute Gasteiger partial charge is 0.343 e. The van der Waals surface area contributed by atoms with E-state index >= 15 is 0 Å². The molecule has 3 aromatic rings. The molecule has 0 aliphatic carbocycles.